The smallest absolute Gasteiger partial charge is 0.230 e. The molecule has 1 fully saturated rings. The predicted molar refractivity (Wildman–Crippen MR) is 86.9 cm³/mol. The molecule has 3 rings (SSSR count). The highest BCUT2D eigenvalue weighted by molar-refractivity contribution is 9.10. The molecule has 0 radical (unpaired) electrons. The first-order chi connectivity index (χ1) is 10.2. The Morgan fingerprint density at radius 1 is 1.14 bits per heavy atom. The van der Waals surface area contributed by atoms with Crippen LogP contribution in [0.1, 0.15) is 0 Å². The minimum absolute atomic E-state index is 0.421. The number of anilines is 4. The molecule has 1 aromatic heterocycles. The number of morpholine rings is 1. The molecular formula is C14H16BrN5O. The second-order valence-electron chi connectivity index (χ2n) is 4.71. The van der Waals surface area contributed by atoms with Gasteiger partial charge in [0.25, 0.3) is 0 Å². The van der Waals surface area contributed by atoms with Crippen LogP contribution >= 0.6 is 15.9 Å². The molecule has 0 amide bonds. The number of halogens is 1. The number of aromatic nitrogens is 2. The van der Waals surface area contributed by atoms with E-state index in [0.29, 0.717) is 16.4 Å². The minimum atomic E-state index is 0.421. The first kappa shape index (κ1) is 14.1. The summed E-state index contributed by atoms with van der Waals surface area (Å²) in [6.07, 6.45) is 0. The third-order valence-electron chi connectivity index (χ3n) is 3.21. The second kappa shape index (κ2) is 6.28. The van der Waals surface area contributed by atoms with Crippen LogP contribution in [-0.4, -0.2) is 36.3 Å². The molecular weight excluding hydrogens is 334 g/mol. The summed E-state index contributed by atoms with van der Waals surface area (Å²) in [6, 6.07) is 9.83. The van der Waals surface area contributed by atoms with Crippen LogP contribution in [0.3, 0.4) is 0 Å². The monoisotopic (exact) mass is 349 g/mol. The lowest BCUT2D eigenvalue weighted by Crippen LogP contribution is -2.36. The molecule has 1 saturated heterocycles. The van der Waals surface area contributed by atoms with Gasteiger partial charge in [-0.2, -0.15) is 4.98 Å². The predicted octanol–water partition coefficient (Wildman–Crippen LogP) is 2.40. The highest BCUT2D eigenvalue weighted by Crippen LogP contribution is 2.21. The van der Waals surface area contributed by atoms with Crippen molar-refractivity contribution in [1.29, 1.82) is 0 Å². The lowest BCUT2D eigenvalue weighted by atomic mass is 10.2. The van der Waals surface area contributed by atoms with E-state index in [0.717, 1.165) is 32.0 Å². The number of nitrogen functional groups attached to an aromatic ring is 1. The van der Waals surface area contributed by atoms with Crippen LogP contribution in [0, 0.1) is 0 Å². The van der Waals surface area contributed by atoms with E-state index in [9.17, 15) is 0 Å². The summed E-state index contributed by atoms with van der Waals surface area (Å²) < 4.78 is 6.01. The quantitative estimate of drug-likeness (QED) is 0.828. The van der Waals surface area contributed by atoms with Crippen LogP contribution in [0.5, 0.6) is 0 Å². The highest BCUT2D eigenvalue weighted by Gasteiger charge is 2.10. The van der Waals surface area contributed by atoms with E-state index in [1.165, 1.54) is 5.69 Å². The summed E-state index contributed by atoms with van der Waals surface area (Å²) in [6.45, 7) is 3.42. The number of rotatable bonds is 3. The lowest BCUT2D eigenvalue weighted by molar-refractivity contribution is 0.122. The zero-order valence-electron chi connectivity index (χ0n) is 11.4. The van der Waals surface area contributed by atoms with Gasteiger partial charge in [0, 0.05) is 30.5 Å². The standard InChI is InChI=1S/C14H16BrN5O/c15-12-9-13(16)19-14(18-12)17-10-1-3-11(4-2-10)20-5-7-21-8-6-20/h1-4,9H,5-8H2,(H3,16,17,18,19). The molecule has 0 saturated carbocycles. The van der Waals surface area contributed by atoms with Crippen molar-refractivity contribution in [3.05, 3.63) is 34.9 Å². The Hall–Kier alpha value is -1.86. The van der Waals surface area contributed by atoms with E-state index in [1.807, 2.05) is 12.1 Å². The van der Waals surface area contributed by atoms with Crippen molar-refractivity contribution in [3.8, 4) is 0 Å². The van der Waals surface area contributed by atoms with Gasteiger partial charge in [-0.3, -0.25) is 0 Å². The third-order valence-corrected chi connectivity index (χ3v) is 3.62. The molecule has 0 bridgehead atoms. The van der Waals surface area contributed by atoms with E-state index in [-0.39, 0.29) is 0 Å². The maximum absolute atomic E-state index is 5.70. The van der Waals surface area contributed by atoms with Crippen molar-refractivity contribution in [2.45, 2.75) is 0 Å². The van der Waals surface area contributed by atoms with Crippen molar-refractivity contribution in [2.24, 2.45) is 0 Å². The topological polar surface area (TPSA) is 76.3 Å². The molecule has 0 aliphatic carbocycles. The van der Waals surface area contributed by atoms with Crippen molar-refractivity contribution < 1.29 is 4.74 Å². The molecule has 7 heteroatoms. The number of hydrogen-bond acceptors (Lipinski definition) is 6. The Morgan fingerprint density at radius 2 is 1.86 bits per heavy atom. The normalized spacial score (nSPS) is 15.0. The summed E-state index contributed by atoms with van der Waals surface area (Å²) >= 11 is 3.30. The first-order valence-electron chi connectivity index (χ1n) is 6.70. The molecule has 21 heavy (non-hydrogen) atoms. The van der Waals surface area contributed by atoms with E-state index in [4.69, 9.17) is 10.5 Å². The summed E-state index contributed by atoms with van der Waals surface area (Å²) in [4.78, 5) is 10.7. The largest absolute Gasteiger partial charge is 0.383 e. The number of nitrogens with two attached hydrogens (primary N) is 1. The minimum Gasteiger partial charge on any atom is -0.383 e. The Balaban J connectivity index is 1.71. The van der Waals surface area contributed by atoms with Gasteiger partial charge in [-0.25, -0.2) is 4.98 Å². The van der Waals surface area contributed by atoms with Gasteiger partial charge in [-0.15, -0.1) is 0 Å². The molecule has 3 N–H and O–H groups in total. The Bertz CT molecular complexity index is 593. The van der Waals surface area contributed by atoms with Crippen molar-refractivity contribution in [2.75, 3.05) is 42.3 Å². The van der Waals surface area contributed by atoms with Gasteiger partial charge in [0.15, 0.2) is 0 Å². The first-order valence-corrected chi connectivity index (χ1v) is 7.50. The summed E-state index contributed by atoms with van der Waals surface area (Å²) in [5, 5.41) is 3.14. The lowest BCUT2D eigenvalue weighted by Gasteiger charge is -2.28. The Kier molecular flexibility index (Phi) is 4.21. The maximum Gasteiger partial charge on any atom is 0.230 e. The molecule has 1 aromatic carbocycles. The molecule has 0 atom stereocenters. The SMILES string of the molecule is Nc1cc(Br)nc(Nc2ccc(N3CCOCC3)cc2)n1. The van der Waals surface area contributed by atoms with Gasteiger partial charge in [0.05, 0.1) is 13.2 Å². The van der Waals surface area contributed by atoms with Crippen LogP contribution < -0.4 is 16.0 Å². The summed E-state index contributed by atoms with van der Waals surface area (Å²) in [7, 11) is 0. The van der Waals surface area contributed by atoms with Crippen LogP contribution in [0.4, 0.5) is 23.1 Å². The maximum atomic E-state index is 5.70. The van der Waals surface area contributed by atoms with Gasteiger partial charge in [0.1, 0.15) is 10.4 Å². The van der Waals surface area contributed by atoms with Gasteiger partial charge in [0.2, 0.25) is 5.95 Å². The number of nitrogens with one attached hydrogen (secondary N) is 1. The van der Waals surface area contributed by atoms with Crippen molar-refractivity contribution in [1.82, 2.24) is 9.97 Å². The van der Waals surface area contributed by atoms with Crippen LogP contribution in [0.2, 0.25) is 0 Å². The molecule has 1 aliphatic rings. The zero-order chi connectivity index (χ0) is 14.7. The molecule has 1 aliphatic heterocycles. The fraction of sp³-hybridized carbons (Fsp3) is 0.286. The van der Waals surface area contributed by atoms with Gasteiger partial charge in [-0.1, -0.05) is 0 Å². The third kappa shape index (κ3) is 3.62. The molecule has 0 spiro atoms. The summed E-state index contributed by atoms with van der Waals surface area (Å²) in [5.41, 5.74) is 7.81. The molecule has 0 unspecified atom stereocenters. The van der Waals surface area contributed by atoms with Crippen LogP contribution in [0.25, 0.3) is 0 Å². The van der Waals surface area contributed by atoms with Gasteiger partial charge >= 0.3 is 0 Å². The van der Waals surface area contributed by atoms with E-state index in [2.05, 4.69) is 48.2 Å². The number of benzene rings is 1. The molecule has 6 nitrogen and oxygen atoms in total. The molecule has 2 heterocycles. The average molecular weight is 350 g/mol. The molecule has 110 valence electrons. The average Bonchev–Trinajstić information content (AvgIpc) is 2.48. The van der Waals surface area contributed by atoms with Crippen molar-refractivity contribution in [3.63, 3.8) is 0 Å². The second-order valence-corrected chi connectivity index (χ2v) is 5.52. The Morgan fingerprint density at radius 3 is 2.52 bits per heavy atom. The van der Waals surface area contributed by atoms with Gasteiger partial charge in [-0.05, 0) is 40.2 Å². The summed E-state index contributed by atoms with van der Waals surface area (Å²) in [5.74, 6) is 0.894. The fourth-order valence-electron chi connectivity index (χ4n) is 2.20. The van der Waals surface area contributed by atoms with Crippen LogP contribution in [0.15, 0.2) is 34.9 Å². The van der Waals surface area contributed by atoms with Crippen molar-refractivity contribution >= 4 is 39.1 Å². The van der Waals surface area contributed by atoms with E-state index in [1.54, 1.807) is 6.07 Å². The van der Waals surface area contributed by atoms with E-state index >= 15 is 0 Å². The molecule has 2 aromatic rings. The Labute approximate surface area is 131 Å². The highest BCUT2D eigenvalue weighted by atomic mass is 79.9. The van der Waals surface area contributed by atoms with E-state index < -0.39 is 0 Å². The number of nitrogens with zero attached hydrogens (tertiary/aromatic N) is 3. The number of ether oxygens (including phenoxy) is 1. The number of hydrogen-bond donors (Lipinski definition) is 2. The zero-order valence-corrected chi connectivity index (χ0v) is 13.0. The fourth-order valence-corrected chi connectivity index (χ4v) is 2.60. The van der Waals surface area contributed by atoms with Gasteiger partial charge < -0.3 is 20.7 Å². The van der Waals surface area contributed by atoms with Crippen LogP contribution in [-0.2, 0) is 4.74 Å².